The molecule has 3 N–H and O–H groups in total. The number of nitrogens with one attached hydrogen (secondary N) is 3. The Kier molecular flexibility index (Phi) is 6.42. The van der Waals surface area contributed by atoms with E-state index in [0.717, 1.165) is 50.9 Å². The lowest BCUT2D eigenvalue weighted by Crippen LogP contribution is -2.37. The fourth-order valence-electron chi connectivity index (χ4n) is 3.35. The third-order valence-electron chi connectivity index (χ3n) is 4.88. The number of ether oxygens (including phenoxy) is 1. The van der Waals surface area contributed by atoms with Crippen LogP contribution in [0.5, 0.6) is 0 Å². The molecule has 6 heteroatoms. The van der Waals surface area contributed by atoms with Crippen molar-refractivity contribution in [3.8, 4) is 0 Å². The van der Waals surface area contributed by atoms with Crippen LogP contribution in [-0.2, 0) is 16.1 Å². The monoisotopic (exact) mass is 345 g/mol. The average molecular weight is 345 g/mol. The Balaban J connectivity index is 1.48. The van der Waals surface area contributed by atoms with Crippen molar-refractivity contribution in [1.82, 2.24) is 16.0 Å². The maximum absolute atomic E-state index is 12.3. The second-order valence-electron chi connectivity index (χ2n) is 6.79. The van der Waals surface area contributed by atoms with E-state index in [2.05, 4.69) is 16.0 Å². The van der Waals surface area contributed by atoms with Gasteiger partial charge in [-0.25, -0.2) is 0 Å². The Morgan fingerprint density at radius 1 is 1.16 bits per heavy atom. The maximum Gasteiger partial charge on any atom is 0.251 e. The maximum atomic E-state index is 12.3. The molecule has 25 heavy (non-hydrogen) atoms. The lowest BCUT2D eigenvalue weighted by atomic mass is 9.97. The lowest BCUT2D eigenvalue weighted by Gasteiger charge is -2.21. The van der Waals surface area contributed by atoms with Crippen molar-refractivity contribution >= 4 is 11.8 Å². The van der Waals surface area contributed by atoms with Gasteiger partial charge in [-0.1, -0.05) is 12.1 Å². The van der Waals surface area contributed by atoms with Crippen LogP contribution in [0.3, 0.4) is 0 Å². The first-order chi connectivity index (χ1) is 12.2. The molecule has 0 aromatic heterocycles. The van der Waals surface area contributed by atoms with E-state index in [1.165, 1.54) is 0 Å². The SMILES string of the molecule is O=C(NCC1CCCO1)c1cccc(CNC(=O)C2CCNCC2)c1. The molecule has 0 bridgehead atoms. The van der Waals surface area contributed by atoms with Gasteiger partial charge in [-0.15, -0.1) is 0 Å². The fraction of sp³-hybridized carbons (Fsp3) is 0.579. The first-order valence-electron chi connectivity index (χ1n) is 9.19. The predicted octanol–water partition coefficient (Wildman–Crippen LogP) is 1.21. The van der Waals surface area contributed by atoms with E-state index in [1.54, 1.807) is 6.07 Å². The normalized spacial score (nSPS) is 21.0. The van der Waals surface area contributed by atoms with Gasteiger partial charge < -0.3 is 20.7 Å². The Hall–Kier alpha value is -1.92. The molecule has 2 aliphatic heterocycles. The van der Waals surface area contributed by atoms with Crippen LogP contribution in [-0.4, -0.2) is 44.2 Å². The number of carbonyl (C=O) groups is 2. The molecule has 6 nitrogen and oxygen atoms in total. The van der Waals surface area contributed by atoms with Crippen LogP contribution in [0.2, 0.25) is 0 Å². The molecule has 2 saturated heterocycles. The highest BCUT2D eigenvalue weighted by atomic mass is 16.5. The summed E-state index contributed by atoms with van der Waals surface area (Å²) in [5.41, 5.74) is 1.55. The minimum absolute atomic E-state index is 0.0953. The first kappa shape index (κ1) is 17.9. The lowest BCUT2D eigenvalue weighted by molar-refractivity contribution is -0.125. The number of carbonyl (C=O) groups excluding carboxylic acids is 2. The predicted molar refractivity (Wildman–Crippen MR) is 95.2 cm³/mol. The molecule has 136 valence electrons. The van der Waals surface area contributed by atoms with Gasteiger partial charge in [0, 0.05) is 31.2 Å². The van der Waals surface area contributed by atoms with E-state index in [4.69, 9.17) is 4.74 Å². The highest BCUT2D eigenvalue weighted by Crippen LogP contribution is 2.13. The molecule has 1 aromatic carbocycles. The molecule has 1 aromatic rings. The van der Waals surface area contributed by atoms with E-state index in [-0.39, 0.29) is 23.8 Å². The van der Waals surface area contributed by atoms with E-state index >= 15 is 0 Å². The number of amides is 2. The van der Waals surface area contributed by atoms with Crippen LogP contribution in [0.1, 0.15) is 41.6 Å². The van der Waals surface area contributed by atoms with Crippen LogP contribution >= 0.6 is 0 Å². The zero-order chi connectivity index (χ0) is 17.5. The number of rotatable bonds is 6. The molecule has 2 fully saturated rings. The topological polar surface area (TPSA) is 79.5 Å². The summed E-state index contributed by atoms with van der Waals surface area (Å²) in [5.74, 6) is 0.107. The quantitative estimate of drug-likeness (QED) is 0.724. The van der Waals surface area contributed by atoms with E-state index in [1.807, 2.05) is 18.2 Å². The largest absolute Gasteiger partial charge is 0.376 e. The molecule has 0 aliphatic carbocycles. The summed E-state index contributed by atoms with van der Waals surface area (Å²) in [6.45, 7) is 3.59. The smallest absolute Gasteiger partial charge is 0.251 e. The van der Waals surface area contributed by atoms with Gasteiger partial charge in [0.15, 0.2) is 0 Å². The molecule has 2 heterocycles. The van der Waals surface area contributed by atoms with Gasteiger partial charge in [-0.3, -0.25) is 9.59 Å². The highest BCUT2D eigenvalue weighted by molar-refractivity contribution is 5.94. The van der Waals surface area contributed by atoms with Crippen LogP contribution in [0.25, 0.3) is 0 Å². The summed E-state index contributed by atoms with van der Waals surface area (Å²) < 4.78 is 5.52. The van der Waals surface area contributed by atoms with Crippen LogP contribution < -0.4 is 16.0 Å². The number of hydrogen-bond acceptors (Lipinski definition) is 4. The third kappa shape index (κ3) is 5.28. The Bertz CT molecular complexity index is 593. The van der Waals surface area contributed by atoms with Crippen molar-refractivity contribution in [1.29, 1.82) is 0 Å². The Morgan fingerprint density at radius 3 is 2.76 bits per heavy atom. The fourth-order valence-corrected chi connectivity index (χ4v) is 3.35. The summed E-state index contributed by atoms with van der Waals surface area (Å²) in [4.78, 5) is 24.5. The van der Waals surface area contributed by atoms with E-state index in [9.17, 15) is 9.59 Å². The van der Waals surface area contributed by atoms with Crippen molar-refractivity contribution in [2.45, 2.75) is 38.3 Å². The molecule has 0 saturated carbocycles. The van der Waals surface area contributed by atoms with Crippen LogP contribution in [0.15, 0.2) is 24.3 Å². The Labute approximate surface area is 148 Å². The minimum Gasteiger partial charge on any atom is -0.376 e. The van der Waals surface area contributed by atoms with Gasteiger partial charge in [-0.2, -0.15) is 0 Å². The van der Waals surface area contributed by atoms with Gasteiger partial charge >= 0.3 is 0 Å². The second kappa shape index (κ2) is 8.97. The first-order valence-corrected chi connectivity index (χ1v) is 9.19. The molecule has 2 aliphatic rings. The van der Waals surface area contributed by atoms with Crippen LogP contribution in [0, 0.1) is 5.92 Å². The number of benzene rings is 1. The molecule has 3 rings (SSSR count). The van der Waals surface area contributed by atoms with Gasteiger partial charge in [0.1, 0.15) is 0 Å². The summed E-state index contributed by atoms with van der Waals surface area (Å²) in [6, 6.07) is 7.42. The van der Waals surface area contributed by atoms with E-state index in [0.29, 0.717) is 18.7 Å². The van der Waals surface area contributed by atoms with Crippen molar-refractivity contribution in [2.24, 2.45) is 5.92 Å². The van der Waals surface area contributed by atoms with Gasteiger partial charge in [0.25, 0.3) is 5.91 Å². The Morgan fingerprint density at radius 2 is 2.00 bits per heavy atom. The second-order valence-corrected chi connectivity index (χ2v) is 6.79. The number of piperidine rings is 1. The molecular weight excluding hydrogens is 318 g/mol. The molecule has 0 spiro atoms. The molecule has 1 unspecified atom stereocenters. The molecular formula is C19H27N3O3. The van der Waals surface area contributed by atoms with Crippen molar-refractivity contribution < 1.29 is 14.3 Å². The van der Waals surface area contributed by atoms with Crippen molar-refractivity contribution in [3.63, 3.8) is 0 Å². The molecule has 0 radical (unpaired) electrons. The van der Waals surface area contributed by atoms with Crippen molar-refractivity contribution in [3.05, 3.63) is 35.4 Å². The summed E-state index contributed by atoms with van der Waals surface area (Å²) in [5, 5.41) is 9.18. The highest BCUT2D eigenvalue weighted by Gasteiger charge is 2.20. The standard InChI is InChI=1S/C19H27N3O3/c23-18(15-6-8-20-9-7-15)21-12-14-3-1-4-16(11-14)19(24)22-13-17-5-2-10-25-17/h1,3-4,11,15,17,20H,2,5-10,12-13H2,(H,21,23)(H,22,24). The minimum atomic E-state index is -0.0953. The van der Waals surface area contributed by atoms with Gasteiger partial charge in [0.05, 0.1) is 6.10 Å². The number of hydrogen-bond donors (Lipinski definition) is 3. The van der Waals surface area contributed by atoms with Gasteiger partial charge in [-0.05, 0) is 56.5 Å². The summed E-state index contributed by atoms with van der Waals surface area (Å²) >= 11 is 0. The van der Waals surface area contributed by atoms with Gasteiger partial charge in [0.2, 0.25) is 5.91 Å². The van der Waals surface area contributed by atoms with E-state index < -0.39 is 0 Å². The molecule has 1 atom stereocenters. The van der Waals surface area contributed by atoms with Crippen molar-refractivity contribution in [2.75, 3.05) is 26.2 Å². The van der Waals surface area contributed by atoms with Crippen LogP contribution in [0.4, 0.5) is 0 Å². The third-order valence-corrected chi connectivity index (χ3v) is 4.88. The molecule has 2 amide bonds. The zero-order valence-corrected chi connectivity index (χ0v) is 14.6. The summed E-state index contributed by atoms with van der Waals surface area (Å²) in [7, 11) is 0. The zero-order valence-electron chi connectivity index (χ0n) is 14.6. The summed E-state index contributed by atoms with van der Waals surface area (Å²) in [6.07, 6.45) is 3.97. The average Bonchev–Trinajstić information content (AvgIpc) is 3.19.